The Labute approximate surface area is 152 Å². The summed E-state index contributed by atoms with van der Waals surface area (Å²) in [6.07, 6.45) is 11.4. The number of aliphatic hydroxyl groups is 1. The largest absolute Gasteiger partial charge is 0.499 e. The van der Waals surface area contributed by atoms with E-state index in [0.717, 1.165) is 6.42 Å². The predicted molar refractivity (Wildman–Crippen MR) is 102 cm³/mol. The van der Waals surface area contributed by atoms with Gasteiger partial charge in [-0.05, 0) is 57.1 Å². The lowest BCUT2D eigenvalue weighted by Crippen LogP contribution is -2.25. The molecule has 2 atom stereocenters. The van der Waals surface area contributed by atoms with Crippen LogP contribution in [0, 0.1) is 17.3 Å². The summed E-state index contributed by atoms with van der Waals surface area (Å²) in [6, 6.07) is 0. The van der Waals surface area contributed by atoms with Gasteiger partial charge in [0.15, 0.2) is 0 Å². The summed E-state index contributed by atoms with van der Waals surface area (Å²) < 4.78 is 10.9. The zero-order valence-electron chi connectivity index (χ0n) is 16.3. The Morgan fingerprint density at radius 3 is 2.80 bits per heavy atom. The third kappa shape index (κ3) is 5.76. The number of ether oxygens (including phenoxy) is 2. The van der Waals surface area contributed by atoms with Crippen LogP contribution in [0.3, 0.4) is 0 Å². The van der Waals surface area contributed by atoms with Crippen molar-refractivity contribution in [2.75, 3.05) is 13.2 Å². The van der Waals surface area contributed by atoms with Gasteiger partial charge in [-0.1, -0.05) is 43.4 Å². The minimum Gasteiger partial charge on any atom is -0.499 e. The first kappa shape index (κ1) is 19.8. The molecule has 0 saturated heterocycles. The second kappa shape index (κ2) is 7.81. The highest BCUT2D eigenvalue weighted by molar-refractivity contribution is 5.34. The molecule has 1 N–H and O–H groups in total. The van der Waals surface area contributed by atoms with E-state index in [1.54, 1.807) is 13.2 Å². The Balaban J connectivity index is 2.06. The van der Waals surface area contributed by atoms with Gasteiger partial charge < -0.3 is 14.6 Å². The van der Waals surface area contributed by atoms with Crippen molar-refractivity contribution in [1.29, 1.82) is 0 Å². The first-order valence-corrected chi connectivity index (χ1v) is 9.19. The Kier molecular flexibility index (Phi) is 6.19. The molecule has 3 nitrogen and oxygen atoms in total. The predicted octanol–water partition coefficient (Wildman–Crippen LogP) is 4.53. The zero-order chi connectivity index (χ0) is 18.6. The fourth-order valence-corrected chi connectivity index (χ4v) is 3.40. The molecule has 0 fully saturated rings. The third-order valence-electron chi connectivity index (χ3n) is 5.02. The molecule has 2 aliphatic rings. The van der Waals surface area contributed by atoms with Gasteiger partial charge in [0.2, 0.25) is 0 Å². The fourth-order valence-electron chi connectivity index (χ4n) is 3.40. The van der Waals surface area contributed by atoms with Gasteiger partial charge in [0.1, 0.15) is 12.2 Å². The number of allylic oxidation sites excluding steroid dienone is 3. The molecule has 0 spiro atoms. The number of hydrogen-bond acceptors (Lipinski definition) is 3. The molecule has 1 aliphatic carbocycles. The van der Waals surface area contributed by atoms with E-state index in [9.17, 15) is 5.11 Å². The van der Waals surface area contributed by atoms with Crippen LogP contribution in [0.25, 0.3) is 0 Å². The van der Waals surface area contributed by atoms with E-state index in [1.807, 2.05) is 19.1 Å². The van der Waals surface area contributed by atoms with Crippen LogP contribution >= 0.6 is 0 Å². The van der Waals surface area contributed by atoms with Gasteiger partial charge in [0, 0.05) is 6.42 Å². The van der Waals surface area contributed by atoms with Crippen molar-refractivity contribution in [3.05, 3.63) is 35.6 Å². The lowest BCUT2D eigenvalue weighted by Gasteiger charge is -2.33. The molecule has 0 saturated carbocycles. The summed E-state index contributed by atoms with van der Waals surface area (Å²) in [5, 5.41) is 10.7. The van der Waals surface area contributed by atoms with E-state index in [1.165, 1.54) is 24.0 Å². The third-order valence-corrected chi connectivity index (χ3v) is 5.02. The van der Waals surface area contributed by atoms with Gasteiger partial charge in [-0.2, -0.15) is 0 Å². The molecule has 0 bridgehead atoms. The first-order valence-electron chi connectivity index (χ1n) is 9.19. The summed E-state index contributed by atoms with van der Waals surface area (Å²) in [7, 11) is 0. The molecule has 25 heavy (non-hydrogen) atoms. The molecule has 1 aliphatic heterocycles. The van der Waals surface area contributed by atoms with Crippen LogP contribution in [0.15, 0.2) is 35.6 Å². The highest BCUT2D eigenvalue weighted by Gasteiger charge is 2.27. The van der Waals surface area contributed by atoms with Crippen molar-refractivity contribution in [1.82, 2.24) is 0 Å². The number of hydrogen-bond donors (Lipinski definition) is 1. The lowest BCUT2D eigenvalue weighted by molar-refractivity contribution is 0.0352. The number of rotatable bonds is 3. The van der Waals surface area contributed by atoms with Crippen LogP contribution in [-0.2, 0) is 9.47 Å². The van der Waals surface area contributed by atoms with E-state index in [2.05, 4.69) is 38.7 Å². The van der Waals surface area contributed by atoms with Crippen LogP contribution in [0.5, 0.6) is 0 Å². The minimum absolute atomic E-state index is 0.174. The van der Waals surface area contributed by atoms with Crippen molar-refractivity contribution in [2.24, 2.45) is 5.41 Å². The Morgan fingerprint density at radius 1 is 1.32 bits per heavy atom. The molecule has 2 rings (SSSR count). The van der Waals surface area contributed by atoms with E-state index in [0.29, 0.717) is 19.6 Å². The van der Waals surface area contributed by atoms with E-state index in [-0.39, 0.29) is 5.41 Å². The molecule has 0 aromatic carbocycles. The van der Waals surface area contributed by atoms with Gasteiger partial charge in [0.25, 0.3) is 0 Å². The minimum atomic E-state index is -0.963. The van der Waals surface area contributed by atoms with Crippen molar-refractivity contribution in [3.63, 3.8) is 0 Å². The van der Waals surface area contributed by atoms with Gasteiger partial charge in [-0.15, -0.1) is 0 Å². The maximum Gasteiger partial charge on any atom is 0.147 e. The van der Waals surface area contributed by atoms with Gasteiger partial charge >= 0.3 is 0 Å². The van der Waals surface area contributed by atoms with Crippen LogP contribution in [0.2, 0.25) is 0 Å². The molecular formula is C22H32O3. The SMILES string of the molecule is CC1=C(/C=C/C(C)(O)CC#CC2(C)C=COCCO2)C(C)(C)CCC1. The molecule has 3 heteroatoms. The Bertz CT molecular complexity index is 625. The highest BCUT2D eigenvalue weighted by Crippen LogP contribution is 2.41. The molecule has 1 heterocycles. The first-order chi connectivity index (χ1) is 11.6. The van der Waals surface area contributed by atoms with Crippen molar-refractivity contribution < 1.29 is 14.6 Å². The lowest BCUT2D eigenvalue weighted by atomic mass is 9.72. The van der Waals surface area contributed by atoms with Crippen molar-refractivity contribution in [3.8, 4) is 11.8 Å². The van der Waals surface area contributed by atoms with E-state index >= 15 is 0 Å². The smallest absolute Gasteiger partial charge is 0.147 e. The molecule has 138 valence electrons. The van der Waals surface area contributed by atoms with Crippen molar-refractivity contribution >= 4 is 0 Å². The molecule has 0 aromatic heterocycles. The highest BCUT2D eigenvalue weighted by atomic mass is 16.5. The Morgan fingerprint density at radius 2 is 2.08 bits per heavy atom. The molecular weight excluding hydrogens is 312 g/mol. The van der Waals surface area contributed by atoms with Crippen molar-refractivity contribution in [2.45, 2.75) is 71.5 Å². The summed E-state index contributed by atoms with van der Waals surface area (Å²) in [5.74, 6) is 6.20. The summed E-state index contributed by atoms with van der Waals surface area (Å²) in [5.41, 5.74) is 1.34. The fraction of sp³-hybridized carbons (Fsp3) is 0.636. The van der Waals surface area contributed by atoms with E-state index in [4.69, 9.17) is 9.47 Å². The van der Waals surface area contributed by atoms with Crippen LogP contribution < -0.4 is 0 Å². The molecule has 0 amide bonds. The molecule has 2 unspecified atom stereocenters. The van der Waals surface area contributed by atoms with Gasteiger partial charge in [-0.3, -0.25) is 0 Å². The van der Waals surface area contributed by atoms with Crippen LogP contribution in [-0.4, -0.2) is 29.5 Å². The maximum absolute atomic E-state index is 10.7. The summed E-state index contributed by atoms with van der Waals surface area (Å²) in [6.45, 7) is 11.5. The average Bonchev–Trinajstić information content (AvgIpc) is 2.70. The monoisotopic (exact) mass is 344 g/mol. The quantitative estimate of drug-likeness (QED) is 0.764. The molecule has 0 radical (unpaired) electrons. The van der Waals surface area contributed by atoms with Crippen LogP contribution in [0.1, 0.15) is 60.3 Å². The normalized spacial score (nSPS) is 28.7. The maximum atomic E-state index is 10.7. The Hall–Kier alpha value is -1.50. The zero-order valence-corrected chi connectivity index (χ0v) is 16.3. The van der Waals surface area contributed by atoms with E-state index < -0.39 is 11.2 Å². The average molecular weight is 344 g/mol. The second-order valence-electron chi connectivity index (χ2n) is 8.23. The van der Waals surface area contributed by atoms with Crippen LogP contribution in [0.4, 0.5) is 0 Å². The summed E-state index contributed by atoms with van der Waals surface area (Å²) in [4.78, 5) is 0. The standard InChI is InChI=1S/C22H32O3/c1-18-8-6-10-20(2,3)19(18)9-13-21(4,23)11-7-12-22(5)14-15-24-16-17-25-22/h9,13-15,23H,6,8,10-11,16-17H2,1-5H3/b13-9+. The molecule has 0 aromatic rings. The summed E-state index contributed by atoms with van der Waals surface area (Å²) >= 11 is 0. The second-order valence-corrected chi connectivity index (χ2v) is 8.23. The van der Waals surface area contributed by atoms with Gasteiger partial charge in [0.05, 0.1) is 18.5 Å². The topological polar surface area (TPSA) is 38.7 Å². The van der Waals surface area contributed by atoms with Gasteiger partial charge in [-0.25, -0.2) is 0 Å².